The van der Waals surface area contributed by atoms with E-state index in [-0.39, 0.29) is 12.6 Å². The first-order chi connectivity index (χ1) is 9.62. The molecule has 7 heteroatoms. The van der Waals surface area contributed by atoms with Crippen molar-refractivity contribution in [2.75, 3.05) is 13.1 Å². The molecule has 3 rings (SSSR count). The van der Waals surface area contributed by atoms with Crippen molar-refractivity contribution >= 4 is 21.4 Å². The second-order valence-corrected chi connectivity index (χ2v) is 8.21. The molecule has 20 heavy (non-hydrogen) atoms. The summed E-state index contributed by atoms with van der Waals surface area (Å²) in [5.41, 5.74) is 5.62. The van der Waals surface area contributed by atoms with Crippen molar-refractivity contribution in [3.63, 3.8) is 0 Å². The Balaban J connectivity index is 1.77. The normalized spacial score (nSPS) is 27.6. The zero-order valence-electron chi connectivity index (χ0n) is 11.4. The van der Waals surface area contributed by atoms with Crippen LogP contribution in [0, 0.1) is 0 Å². The molecule has 0 aliphatic carbocycles. The van der Waals surface area contributed by atoms with Crippen molar-refractivity contribution in [2.24, 2.45) is 5.73 Å². The highest BCUT2D eigenvalue weighted by molar-refractivity contribution is 7.89. The quantitative estimate of drug-likeness (QED) is 0.873. The van der Waals surface area contributed by atoms with E-state index in [1.54, 1.807) is 11.4 Å². The number of sulfonamides is 1. The van der Waals surface area contributed by atoms with Gasteiger partial charge in [0.05, 0.1) is 4.90 Å². The van der Waals surface area contributed by atoms with Crippen LogP contribution >= 0.6 is 11.3 Å². The smallest absolute Gasteiger partial charge is 0.242 e. The maximum absolute atomic E-state index is 12.5. The van der Waals surface area contributed by atoms with Crippen LogP contribution in [-0.4, -0.2) is 38.5 Å². The zero-order chi connectivity index (χ0) is 14.2. The molecule has 2 unspecified atom stereocenters. The van der Waals surface area contributed by atoms with E-state index in [0.29, 0.717) is 10.9 Å². The Hall–Kier alpha value is -0.470. The number of thiophene rings is 1. The van der Waals surface area contributed by atoms with Gasteiger partial charge in [-0.3, -0.25) is 4.90 Å². The number of fused-ring (bicyclic) bond motifs is 1. The number of hydrogen-bond donors (Lipinski definition) is 2. The van der Waals surface area contributed by atoms with E-state index in [1.165, 1.54) is 24.2 Å². The molecule has 3 N–H and O–H groups in total. The number of nitrogens with two attached hydrogens (primary N) is 1. The predicted molar refractivity (Wildman–Crippen MR) is 80.1 cm³/mol. The van der Waals surface area contributed by atoms with Crippen LogP contribution in [0.15, 0.2) is 16.3 Å². The van der Waals surface area contributed by atoms with Crippen LogP contribution in [0.2, 0.25) is 0 Å². The van der Waals surface area contributed by atoms with Crippen molar-refractivity contribution < 1.29 is 8.42 Å². The third-order valence-corrected chi connectivity index (χ3v) is 6.99. The van der Waals surface area contributed by atoms with Crippen LogP contribution in [0.4, 0.5) is 0 Å². The van der Waals surface area contributed by atoms with Crippen LogP contribution in [0.1, 0.15) is 30.6 Å². The number of rotatable bonds is 4. The third kappa shape index (κ3) is 2.65. The lowest BCUT2D eigenvalue weighted by molar-refractivity contribution is 0.186. The van der Waals surface area contributed by atoms with Crippen molar-refractivity contribution in [2.45, 2.75) is 49.2 Å². The zero-order valence-corrected chi connectivity index (χ0v) is 13.0. The van der Waals surface area contributed by atoms with Gasteiger partial charge in [-0.1, -0.05) is 6.42 Å². The van der Waals surface area contributed by atoms with Gasteiger partial charge in [0.15, 0.2) is 0 Å². The molecular weight excluding hydrogens is 294 g/mol. The molecule has 2 aliphatic rings. The van der Waals surface area contributed by atoms with Crippen molar-refractivity contribution in [1.82, 2.24) is 9.62 Å². The molecule has 3 heterocycles. The van der Waals surface area contributed by atoms with E-state index in [1.807, 2.05) is 0 Å². The molecule has 2 atom stereocenters. The molecule has 112 valence electrons. The lowest BCUT2D eigenvalue weighted by Crippen LogP contribution is -2.46. The molecule has 2 saturated heterocycles. The summed E-state index contributed by atoms with van der Waals surface area (Å²) < 4.78 is 28.0. The van der Waals surface area contributed by atoms with E-state index in [2.05, 4.69) is 9.62 Å². The second-order valence-electron chi connectivity index (χ2n) is 5.53. The summed E-state index contributed by atoms with van der Waals surface area (Å²) in [6.45, 7) is 2.38. The topological polar surface area (TPSA) is 75.4 Å². The number of nitrogens with one attached hydrogen (secondary N) is 1. The monoisotopic (exact) mass is 315 g/mol. The standard InChI is InChI=1S/C13H21N3O2S2/c14-9-12-13(5-8-19-12)20(17,18)15-10-4-7-16-6-2-1-3-11(10)16/h5,8,10-11,15H,1-4,6-7,9,14H2. The van der Waals surface area contributed by atoms with Crippen molar-refractivity contribution in [3.8, 4) is 0 Å². The molecule has 0 bridgehead atoms. The Morgan fingerprint density at radius 2 is 2.20 bits per heavy atom. The van der Waals surface area contributed by atoms with Crippen LogP contribution in [0.25, 0.3) is 0 Å². The van der Waals surface area contributed by atoms with Gasteiger partial charge >= 0.3 is 0 Å². The molecule has 5 nitrogen and oxygen atoms in total. The Bertz CT molecular complexity index is 570. The lowest BCUT2D eigenvalue weighted by atomic mass is 10.00. The third-order valence-electron chi connectivity index (χ3n) is 4.34. The fourth-order valence-corrected chi connectivity index (χ4v) is 6.00. The van der Waals surface area contributed by atoms with E-state index in [9.17, 15) is 8.42 Å². The fourth-order valence-electron chi connectivity index (χ4n) is 3.36. The van der Waals surface area contributed by atoms with Gasteiger partial charge in [-0.25, -0.2) is 13.1 Å². The van der Waals surface area contributed by atoms with E-state index in [0.717, 1.165) is 30.8 Å². The average Bonchev–Trinajstić information content (AvgIpc) is 3.06. The molecular formula is C13H21N3O2S2. The Morgan fingerprint density at radius 3 is 3.00 bits per heavy atom. The molecule has 2 aliphatic heterocycles. The van der Waals surface area contributed by atoms with Gasteiger partial charge in [-0.05, 0) is 37.3 Å². The van der Waals surface area contributed by atoms with Gasteiger partial charge in [0.25, 0.3) is 0 Å². The summed E-state index contributed by atoms with van der Waals surface area (Å²) in [4.78, 5) is 3.52. The number of piperidine rings is 1. The molecule has 0 saturated carbocycles. The summed E-state index contributed by atoms with van der Waals surface area (Å²) in [6, 6.07) is 2.08. The molecule has 0 spiro atoms. The van der Waals surface area contributed by atoms with Crippen molar-refractivity contribution in [3.05, 3.63) is 16.3 Å². The molecule has 0 aromatic carbocycles. The largest absolute Gasteiger partial charge is 0.326 e. The van der Waals surface area contributed by atoms with Crippen LogP contribution in [-0.2, 0) is 16.6 Å². The van der Waals surface area contributed by atoms with Crippen LogP contribution in [0.5, 0.6) is 0 Å². The Labute approximate surface area is 124 Å². The molecule has 0 amide bonds. The highest BCUT2D eigenvalue weighted by Gasteiger charge is 2.38. The first-order valence-corrected chi connectivity index (χ1v) is 9.51. The van der Waals surface area contributed by atoms with Crippen LogP contribution in [0.3, 0.4) is 0 Å². The maximum atomic E-state index is 12.5. The summed E-state index contributed by atoms with van der Waals surface area (Å²) in [5.74, 6) is 0. The lowest BCUT2D eigenvalue weighted by Gasteiger charge is -2.32. The van der Waals surface area contributed by atoms with Gasteiger partial charge in [-0.15, -0.1) is 11.3 Å². The second kappa shape index (κ2) is 5.73. The molecule has 2 fully saturated rings. The summed E-state index contributed by atoms with van der Waals surface area (Å²) in [7, 11) is -3.44. The minimum Gasteiger partial charge on any atom is -0.326 e. The van der Waals surface area contributed by atoms with Crippen molar-refractivity contribution in [1.29, 1.82) is 0 Å². The molecule has 0 radical (unpaired) electrons. The van der Waals surface area contributed by atoms with Gasteiger partial charge in [0.2, 0.25) is 10.0 Å². The SMILES string of the molecule is NCc1sccc1S(=O)(=O)NC1CCN2CCCCC12. The summed E-state index contributed by atoms with van der Waals surface area (Å²) in [6.07, 6.45) is 4.44. The molecule has 1 aromatic rings. The van der Waals surface area contributed by atoms with Crippen LogP contribution < -0.4 is 10.5 Å². The summed E-state index contributed by atoms with van der Waals surface area (Å²) >= 11 is 1.40. The minimum atomic E-state index is -3.44. The first kappa shape index (κ1) is 14.5. The Morgan fingerprint density at radius 1 is 1.35 bits per heavy atom. The van der Waals surface area contributed by atoms with E-state index in [4.69, 9.17) is 5.73 Å². The minimum absolute atomic E-state index is 0.0471. The number of nitrogens with zero attached hydrogens (tertiary/aromatic N) is 1. The molecule has 1 aromatic heterocycles. The van der Waals surface area contributed by atoms with E-state index < -0.39 is 10.0 Å². The highest BCUT2D eigenvalue weighted by Crippen LogP contribution is 2.29. The highest BCUT2D eigenvalue weighted by atomic mass is 32.2. The van der Waals surface area contributed by atoms with Gasteiger partial charge in [0, 0.05) is 30.1 Å². The van der Waals surface area contributed by atoms with Gasteiger partial charge in [-0.2, -0.15) is 0 Å². The average molecular weight is 315 g/mol. The summed E-state index contributed by atoms with van der Waals surface area (Å²) in [5, 5.41) is 1.79. The first-order valence-electron chi connectivity index (χ1n) is 7.14. The van der Waals surface area contributed by atoms with Gasteiger partial charge < -0.3 is 5.73 Å². The maximum Gasteiger partial charge on any atom is 0.242 e. The predicted octanol–water partition coefficient (Wildman–Crippen LogP) is 1.11. The Kier molecular flexibility index (Phi) is 4.14. The fraction of sp³-hybridized carbons (Fsp3) is 0.692. The van der Waals surface area contributed by atoms with E-state index >= 15 is 0 Å². The number of hydrogen-bond acceptors (Lipinski definition) is 5. The van der Waals surface area contributed by atoms with Gasteiger partial charge in [0.1, 0.15) is 0 Å².